The monoisotopic (exact) mass is 140 g/mol. The molecule has 0 amide bonds. The lowest BCUT2D eigenvalue weighted by Crippen LogP contribution is -1.99. The SMILES string of the molecule is C=CCC(O)/C=C/C(C)C. The van der Waals surface area contributed by atoms with E-state index in [-0.39, 0.29) is 6.10 Å². The topological polar surface area (TPSA) is 20.2 Å². The highest BCUT2D eigenvalue weighted by Gasteiger charge is 1.93. The summed E-state index contributed by atoms with van der Waals surface area (Å²) >= 11 is 0. The Kier molecular flexibility index (Phi) is 4.95. The summed E-state index contributed by atoms with van der Waals surface area (Å²) in [6.07, 6.45) is 5.82. The Balaban J connectivity index is 3.54. The van der Waals surface area contributed by atoms with Gasteiger partial charge in [0.2, 0.25) is 0 Å². The van der Waals surface area contributed by atoms with Crippen molar-refractivity contribution in [1.82, 2.24) is 0 Å². The number of hydrogen-bond acceptors (Lipinski definition) is 1. The predicted molar refractivity (Wildman–Crippen MR) is 44.8 cm³/mol. The van der Waals surface area contributed by atoms with Gasteiger partial charge in [0.25, 0.3) is 0 Å². The first-order chi connectivity index (χ1) is 4.66. The van der Waals surface area contributed by atoms with Gasteiger partial charge in [0.15, 0.2) is 0 Å². The van der Waals surface area contributed by atoms with Crippen LogP contribution < -0.4 is 0 Å². The smallest absolute Gasteiger partial charge is 0.0755 e. The van der Waals surface area contributed by atoms with Crippen LogP contribution in [0, 0.1) is 5.92 Å². The molecule has 1 unspecified atom stereocenters. The van der Waals surface area contributed by atoms with Gasteiger partial charge >= 0.3 is 0 Å². The second-order valence-corrected chi connectivity index (χ2v) is 2.72. The molecule has 0 aromatic carbocycles. The zero-order valence-electron chi connectivity index (χ0n) is 6.75. The third-order valence-corrected chi connectivity index (χ3v) is 1.13. The van der Waals surface area contributed by atoms with Crippen LogP contribution in [0.25, 0.3) is 0 Å². The van der Waals surface area contributed by atoms with Crippen molar-refractivity contribution in [3.8, 4) is 0 Å². The summed E-state index contributed by atoms with van der Waals surface area (Å²) in [5, 5.41) is 9.14. The first kappa shape index (κ1) is 9.44. The van der Waals surface area contributed by atoms with E-state index in [2.05, 4.69) is 20.4 Å². The molecule has 0 spiro atoms. The maximum atomic E-state index is 9.14. The molecule has 0 radical (unpaired) electrons. The molecule has 0 aliphatic rings. The quantitative estimate of drug-likeness (QED) is 0.593. The molecular weight excluding hydrogens is 124 g/mol. The van der Waals surface area contributed by atoms with Crippen LogP contribution in [-0.4, -0.2) is 11.2 Å². The van der Waals surface area contributed by atoms with Gasteiger partial charge in [-0.25, -0.2) is 0 Å². The summed E-state index contributed by atoms with van der Waals surface area (Å²) in [7, 11) is 0. The molecule has 10 heavy (non-hydrogen) atoms. The van der Waals surface area contributed by atoms with E-state index >= 15 is 0 Å². The van der Waals surface area contributed by atoms with Crippen molar-refractivity contribution in [2.45, 2.75) is 26.4 Å². The minimum absolute atomic E-state index is 0.347. The molecule has 0 heterocycles. The zero-order valence-corrected chi connectivity index (χ0v) is 6.75. The molecule has 0 rings (SSSR count). The second-order valence-electron chi connectivity index (χ2n) is 2.72. The highest BCUT2D eigenvalue weighted by atomic mass is 16.3. The summed E-state index contributed by atoms with van der Waals surface area (Å²) < 4.78 is 0. The van der Waals surface area contributed by atoms with Crippen LogP contribution in [0.2, 0.25) is 0 Å². The molecule has 0 aromatic heterocycles. The minimum atomic E-state index is -0.347. The van der Waals surface area contributed by atoms with Crippen LogP contribution in [0.15, 0.2) is 24.8 Å². The lowest BCUT2D eigenvalue weighted by Gasteiger charge is -2.00. The molecule has 1 heteroatoms. The Bertz CT molecular complexity index is 114. The van der Waals surface area contributed by atoms with E-state index in [1.807, 2.05) is 12.2 Å². The molecular formula is C9H16O. The summed E-state index contributed by atoms with van der Waals surface area (Å²) in [6.45, 7) is 7.69. The average Bonchev–Trinajstić information content (AvgIpc) is 1.85. The van der Waals surface area contributed by atoms with Crippen LogP contribution in [0.5, 0.6) is 0 Å². The third-order valence-electron chi connectivity index (χ3n) is 1.13. The minimum Gasteiger partial charge on any atom is -0.389 e. The largest absolute Gasteiger partial charge is 0.389 e. The first-order valence-corrected chi connectivity index (χ1v) is 3.64. The van der Waals surface area contributed by atoms with Gasteiger partial charge in [-0.2, -0.15) is 0 Å². The third kappa shape index (κ3) is 5.57. The van der Waals surface area contributed by atoms with E-state index in [1.54, 1.807) is 6.08 Å². The number of rotatable bonds is 4. The van der Waals surface area contributed by atoms with Gasteiger partial charge in [0.1, 0.15) is 0 Å². The van der Waals surface area contributed by atoms with E-state index < -0.39 is 0 Å². The van der Waals surface area contributed by atoms with E-state index in [1.165, 1.54) is 0 Å². The molecule has 0 aromatic rings. The standard InChI is InChI=1S/C9H16O/c1-4-5-9(10)7-6-8(2)3/h4,6-10H,1,5H2,2-3H3/b7-6+. The van der Waals surface area contributed by atoms with Crippen molar-refractivity contribution in [2.24, 2.45) is 5.92 Å². The lowest BCUT2D eigenvalue weighted by molar-refractivity contribution is 0.226. The highest BCUT2D eigenvalue weighted by Crippen LogP contribution is 1.98. The van der Waals surface area contributed by atoms with Crippen LogP contribution in [0.3, 0.4) is 0 Å². The van der Waals surface area contributed by atoms with Crippen LogP contribution in [0.1, 0.15) is 20.3 Å². The van der Waals surface area contributed by atoms with E-state index in [0.717, 1.165) is 0 Å². The average molecular weight is 140 g/mol. The van der Waals surface area contributed by atoms with Crippen molar-refractivity contribution in [1.29, 1.82) is 0 Å². The van der Waals surface area contributed by atoms with E-state index in [9.17, 15) is 0 Å². The number of aliphatic hydroxyl groups is 1. The molecule has 0 saturated heterocycles. The van der Waals surface area contributed by atoms with Crippen molar-refractivity contribution in [2.75, 3.05) is 0 Å². The van der Waals surface area contributed by atoms with Crippen molar-refractivity contribution >= 4 is 0 Å². The Morgan fingerprint density at radius 1 is 1.40 bits per heavy atom. The molecule has 1 atom stereocenters. The van der Waals surface area contributed by atoms with Crippen molar-refractivity contribution in [3.05, 3.63) is 24.8 Å². The maximum Gasteiger partial charge on any atom is 0.0755 e. The van der Waals surface area contributed by atoms with Gasteiger partial charge in [-0.15, -0.1) is 6.58 Å². The molecule has 1 N–H and O–H groups in total. The van der Waals surface area contributed by atoms with Crippen LogP contribution in [0.4, 0.5) is 0 Å². The Morgan fingerprint density at radius 2 is 2.00 bits per heavy atom. The van der Waals surface area contributed by atoms with Gasteiger partial charge in [0, 0.05) is 0 Å². The van der Waals surface area contributed by atoms with Gasteiger partial charge in [0.05, 0.1) is 6.10 Å². The number of allylic oxidation sites excluding steroid dienone is 1. The van der Waals surface area contributed by atoms with Gasteiger partial charge in [-0.1, -0.05) is 32.1 Å². The normalized spacial score (nSPS) is 14.4. The first-order valence-electron chi connectivity index (χ1n) is 3.64. The lowest BCUT2D eigenvalue weighted by atomic mass is 10.1. The van der Waals surface area contributed by atoms with Crippen LogP contribution in [-0.2, 0) is 0 Å². The molecule has 0 bridgehead atoms. The fourth-order valence-electron chi connectivity index (χ4n) is 0.600. The Hall–Kier alpha value is -0.560. The predicted octanol–water partition coefficient (Wildman–Crippen LogP) is 2.14. The van der Waals surface area contributed by atoms with Gasteiger partial charge < -0.3 is 5.11 Å². The zero-order chi connectivity index (χ0) is 7.98. The van der Waals surface area contributed by atoms with Gasteiger partial charge in [-0.3, -0.25) is 0 Å². The maximum absolute atomic E-state index is 9.14. The summed E-state index contributed by atoms with van der Waals surface area (Å²) in [6, 6.07) is 0. The Labute approximate surface area is 63.1 Å². The highest BCUT2D eigenvalue weighted by molar-refractivity contribution is 4.93. The summed E-state index contributed by atoms with van der Waals surface area (Å²) in [5.74, 6) is 0.513. The van der Waals surface area contributed by atoms with E-state index in [4.69, 9.17) is 5.11 Å². The Morgan fingerprint density at radius 3 is 2.40 bits per heavy atom. The molecule has 0 aliphatic heterocycles. The molecule has 58 valence electrons. The fourth-order valence-corrected chi connectivity index (χ4v) is 0.600. The summed E-state index contributed by atoms with van der Waals surface area (Å²) in [4.78, 5) is 0. The second kappa shape index (κ2) is 5.24. The molecule has 0 aliphatic carbocycles. The molecule has 1 nitrogen and oxygen atoms in total. The van der Waals surface area contributed by atoms with Crippen molar-refractivity contribution < 1.29 is 5.11 Å². The summed E-state index contributed by atoms with van der Waals surface area (Å²) in [5.41, 5.74) is 0. The number of aliphatic hydroxyl groups excluding tert-OH is 1. The van der Waals surface area contributed by atoms with Gasteiger partial charge in [-0.05, 0) is 12.3 Å². The number of hydrogen-bond donors (Lipinski definition) is 1. The molecule has 0 fully saturated rings. The van der Waals surface area contributed by atoms with Crippen molar-refractivity contribution in [3.63, 3.8) is 0 Å². The van der Waals surface area contributed by atoms with Crippen LogP contribution >= 0.6 is 0 Å². The molecule has 0 saturated carbocycles. The van der Waals surface area contributed by atoms with E-state index in [0.29, 0.717) is 12.3 Å². The fraction of sp³-hybridized carbons (Fsp3) is 0.556.